The van der Waals surface area contributed by atoms with Crippen LogP contribution < -0.4 is 5.32 Å². The number of carbonyl (C=O) groups is 1. The first kappa shape index (κ1) is 13.9. The number of aryl methyl sites for hydroxylation is 2. The maximum atomic E-state index is 12.3. The molecule has 0 aliphatic rings. The Morgan fingerprint density at radius 3 is 2.29 bits per heavy atom. The number of hydrogen-bond acceptors (Lipinski definition) is 2. The van der Waals surface area contributed by atoms with Crippen LogP contribution in [0.2, 0.25) is 0 Å². The van der Waals surface area contributed by atoms with Crippen molar-refractivity contribution in [2.75, 3.05) is 0 Å². The fraction of sp³-hybridized carbons (Fsp3) is 0.533. The molecule has 2 heteroatoms. The molecule has 17 heavy (non-hydrogen) atoms. The summed E-state index contributed by atoms with van der Waals surface area (Å²) >= 11 is 0. The van der Waals surface area contributed by atoms with Gasteiger partial charge in [-0.15, -0.1) is 0 Å². The second-order valence-corrected chi connectivity index (χ2v) is 5.80. The average Bonchev–Trinajstić information content (AvgIpc) is 2.14. The molecule has 1 aromatic rings. The Hall–Kier alpha value is -1.15. The molecule has 94 valence electrons. The van der Waals surface area contributed by atoms with Crippen LogP contribution in [0.25, 0.3) is 0 Å². The summed E-state index contributed by atoms with van der Waals surface area (Å²) in [6.07, 6.45) is 0. The van der Waals surface area contributed by atoms with E-state index in [0.29, 0.717) is 0 Å². The van der Waals surface area contributed by atoms with Gasteiger partial charge in [-0.05, 0) is 47.1 Å². The van der Waals surface area contributed by atoms with Gasteiger partial charge in [0.25, 0.3) is 0 Å². The SMILES string of the molecule is Cc1ccc(C(=O)C(C)NC(C)(C)C)c(C)c1. The topological polar surface area (TPSA) is 29.1 Å². The predicted octanol–water partition coefficient (Wildman–Crippen LogP) is 3.26. The van der Waals surface area contributed by atoms with Crippen LogP contribution in [-0.4, -0.2) is 17.4 Å². The molecule has 0 saturated carbocycles. The molecule has 1 rings (SSSR count). The van der Waals surface area contributed by atoms with E-state index in [1.165, 1.54) is 5.56 Å². The molecule has 0 aromatic heterocycles. The monoisotopic (exact) mass is 233 g/mol. The summed E-state index contributed by atoms with van der Waals surface area (Å²) in [6, 6.07) is 5.81. The van der Waals surface area contributed by atoms with Crippen LogP contribution in [0.3, 0.4) is 0 Å². The number of carbonyl (C=O) groups excluding carboxylic acids is 1. The van der Waals surface area contributed by atoms with Crippen molar-refractivity contribution in [2.24, 2.45) is 0 Å². The van der Waals surface area contributed by atoms with Crippen molar-refractivity contribution in [2.45, 2.75) is 53.1 Å². The van der Waals surface area contributed by atoms with Crippen LogP contribution in [0.1, 0.15) is 49.2 Å². The first-order valence-corrected chi connectivity index (χ1v) is 6.10. The van der Waals surface area contributed by atoms with E-state index in [-0.39, 0.29) is 17.4 Å². The summed E-state index contributed by atoms with van der Waals surface area (Å²) < 4.78 is 0. The Morgan fingerprint density at radius 2 is 1.82 bits per heavy atom. The zero-order valence-electron chi connectivity index (χ0n) is 11.7. The van der Waals surface area contributed by atoms with Crippen LogP contribution in [0.4, 0.5) is 0 Å². The lowest BCUT2D eigenvalue weighted by Gasteiger charge is -2.25. The number of benzene rings is 1. The van der Waals surface area contributed by atoms with Gasteiger partial charge in [0, 0.05) is 11.1 Å². The Bertz CT molecular complexity index is 415. The normalized spacial score (nSPS) is 13.5. The van der Waals surface area contributed by atoms with Gasteiger partial charge >= 0.3 is 0 Å². The molecule has 0 fully saturated rings. The van der Waals surface area contributed by atoms with Gasteiger partial charge in [0.1, 0.15) is 0 Å². The molecule has 0 spiro atoms. The third-order valence-electron chi connectivity index (χ3n) is 2.69. The Labute approximate surface area is 104 Å². The van der Waals surface area contributed by atoms with Crippen molar-refractivity contribution in [3.8, 4) is 0 Å². The highest BCUT2D eigenvalue weighted by Gasteiger charge is 2.21. The van der Waals surface area contributed by atoms with Crippen LogP contribution in [0, 0.1) is 13.8 Å². The zero-order valence-corrected chi connectivity index (χ0v) is 11.7. The number of Topliss-reactive ketones (excluding diaryl/α,β-unsaturated/α-hetero) is 1. The van der Waals surface area contributed by atoms with E-state index in [1.54, 1.807) is 0 Å². The van der Waals surface area contributed by atoms with E-state index in [9.17, 15) is 4.79 Å². The molecule has 1 N–H and O–H groups in total. The van der Waals surface area contributed by atoms with Gasteiger partial charge in [0.05, 0.1) is 6.04 Å². The van der Waals surface area contributed by atoms with Gasteiger partial charge in [0.2, 0.25) is 0 Å². The van der Waals surface area contributed by atoms with E-state index in [4.69, 9.17) is 0 Å². The van der Waals surface area contributed by atoms with Gasteiger partial charge < -0.3 is 5.32 Å². The van der Waals surface area contributed by atoms with Crippen molar-refractivity contribution < 1.29 is 4.79 Å². The zero-order chi connectivity index (χ0) is 13.2. The molecule has 1 aromatic carbocycles. The fourth-order valence-corrected chi connectivity index (χ4v) is 2.04. The predicted molar refractivity (Wildman–Crippen MR) is 72.6 cm³/mol. The summed E-state index contributed by atoms with van der Waals surface area (Å²) in [5.74, 6) is 0.164. The fourth-order valence-electron chi connectivity index (χ4n) is 2.04. The second-order valence-electron chi connectivity index (χ2n) is 5.80. The summed E-state index contributed by atoms with van der Waals surface area (Å²) in [5.41, 5.74) is 3.01. The molecule has 1 atom stereocenters. The van der Waals surface area contributed by atoms with Crippen molar-refractivity contribution in [1.82, 2.24) is 5.32 Å². The average molecular weight is 233 g/mol. The molecule has 2 nitrogen and oxygen atoms in total. The van der Waals surface area contributed by atoms with E-state index in [1.807, 2.05) is 32.9 Å². The molecule has 1 unspecified atom stereocenters. The minimum Gasteiger partial charge on any atom is -0.303 e. The number of hydrogen-bond donors (Lipinski definition) is 1. The minimum absolute atomic E-state index is 0.0479. The molecule has 0 aliphatic carbocycles. The Morgan fingerprint density at radius 1 is 1.24 bits per heavy atom. The van der Waals surface area contributed by atoms with E-state index >= 15 is 0 Å². The van der Waals surface area contributed by atoms with Crippen LogP contribution in [0.15, 0.2) is 18.2 Å². The lowest BCUT2D eigenvalue weighted by atomic mass is 9.97. The van der Waals surface area contributed by atoms with Gasteiger partial charge in [-0.1, -0.05) is 23.8 Å². The third kappa shape index (κ3) is 3.97. The molecule has 0 saturated heterocycles. The van der Waals surface area contributed by atoms with Gasteiger partial charge in [0.15, 0.2) is 5.78 Å². The van der Waals surface area contributed by atoms with Crippen molar-refractivity contribution in [1.29, 1.82) is 0 Å². The van der Waals surface area contributed by atoms with Crippen molar-refractivity contribution in [3.05, 3.63) is 34.9 Å². The minimum atomic E-state index is -0.156. The maximum Gasteiger partial charge on any atom is 0.179 e. The van der Waals surface area contributed by atoms with E-state index in [2.05, 4.69) is 32.2 Å². The summed E-state index contributed by atoms with van der Waals surface area (Å²) in [7, 11) is 0. The lowest BCUT2D eigenvalue weighted by molar-refractivity contribution is 0.0935. The molecule has 0 radical (unpaired) electrons. The highest BCUT2D eigenvalue weighted by atomic mass is 16.1. The number of nitrogens with one attached hydrogen (secondary N) is 1. The number of ketones is 1. The van der Waals surface area contributed by atoms with Gasteiger partial charge in [-0.2, -0.15) is 0 Å². The maximum absolute atomic E-state index is 12.3. The van der Waals surface area contributed by atoms with E-state index in [0.717, 1.165) is 11.1 Å². The molecular formula is C15H23NO. The Kier molecular flexibility index (Phi) is 4.10. The number of rotatable bonds is 3. The molecule has 0 amide bonds. The molecule has 0 heterocycles. The first-order valence-electron chi connectivity index (χ1n) is 6.10. The van der Waals surface area contributed by atoms with Gasteiger partial charge in [-0.3, -0.25) is 4.79 Å². The molecular weight excluding hydrogens is 210 g/mol. The van der Waals surface area contributed by atoms with Crippen molar-refractivity contribution in [3.63, 3.8) is 0 Å². The van der Waals surface area contributed by atoms with Crippen LogP contribution in [0.5, 0.6) is 0 Å². The summed E-state index contributed by atoms with van der Waals surface area (Å²) in [5, 5.41) is 3.31. The highest BCUT2D eigenvalue weighted by molar-refractivity contribution is 6.01. The van der Waals surface area contributed by atoms with Crippen LogP contribution in [-0.2, 0) is 0 Å². The summed E-state index contributed by atoms with van der Waals surface area (Å²) in [6.45, 7) is 12.2. The molecule has 0 bridgehead atoms. The Balaban J connectivity index is 2.89. The van der Waals surface area contributed by atoms with Gasteiger partial charge in [-0.25, -0.2) is 0 Å². The van der Waals surface area contributed by atoms with Crippen LogP contribution >= 0.6 is 0 Å². The lowest BCUT2D eigenvalue weighted by Crippen LogP contribution is -2.46. The standard InChI is InChI=1S/C15H23NO/c1-10-7-8-13(11(2)9-10)14(17)12(3)16-15(4,5)6/h7-9,12,16H,1-6H3. The second kappa shape index (κ2) is 5.01. The quantitative estimate of drug-likeness (QED) is 0.812. The third-order valence-corrected chi connectivity index (χ3v) is 2.69. The smallest absolute Gasteiger partial charge is 0.179 e. The summed E-state index contributed by atoms with van der Waals surface area (Å²) in [4.78, 5) is 12.3. The van der Waals surface area contributed by atoms with E-state index < -0.39 is 0 Å². The first-order chi connectivity index (χ1) is 7.70. The largest absolute Gasteiger partial charge is 0.303 e. The van der Waals surface area contributed by atoms with Crippen molar-refractivity contribution >= 4 is 5.78 Å². The molecule has 0 aliphatic heterocycles. The highest BCUT2D eigenvalue weighted by Crippen LogP contribution is 2.14.